The number of ether oxygens (including phenoxy) is 2. The predicted octanol–water partition coefficient (Wildman–Crippen LogP) is 1.87. The Hall–Kier alpha value is -2.37. The van der Waals surface area contributed by atoms with Crippen molar-refractivity contribution in [2.45, 2.75) is 19.2 Å². The fourth-order valence-electron chi connectivity index (χ4n) is 2.48. The average Bonchev–Trinajstić information content (AvgIpc) is 2.67. The van der Waals surface area contributed by atoms with Gasteiger partial charge in [0.25, 0.3) is 0 Å². The van der Waals surface area contributed by atoms with E-state index in [2.05, 4.69) is 10.6 Å². The van der Waals surface area contributed by atoms with E-state index in [0.29, 0.717) is 32.9 Å². The quantitative estimate of drug-likeness (QED) is 0.851. The maximum absolute atomic E-state index is 12.0. The van der Waals surface area contributed by atoms with E-state index >= 15 is 0 Å². The normalized spacial score (nSPS) is 17.2. The molecule has 0 spiro atoms. The summed E-state index contributed by atoms with van der Waals surface area (Å²) in [6, 6.07) is 17.5. The highest BCUT2D eigenvalue weighted by molar-refractivity contribution is 5.81. The molecule has 0 radical (unpaired) electrons. The van der Waals surface area contributed by atoms with Crippen LogP contribution in [-0.2, 0) is 22.7 Å². The van der Waals surface area contributed by atoms with Crippen LogP contribution in [0.25, 0.3) is 0 Å². The molecule has 1 heterocycles. The molecule has 0 aliphatic carbocycles. The Morgan fingerprint density at radius 1 is 1.12 bits per heavy atom. The van der Waals surface area contributed by atoms with Crippen LogP contribution in [-0.4, -0.2) is 31.7 Å². The van der Waals surface area contributed by atoms with Crippen LogP contribution >= 0.6 is 0 Å². The van der Waals surface area contributed by atoms with Gasteiger partial charge in [0.1, 0.15) is 18.4 Å². The first-order chi connectivity index (χ1) is 11.8. The molecule has 2 aromatic carbocycles. The predicted molar refractivity (Wildman–Crippen MR) is 91.7 cm³/mol. The minimum absolute atomic E-state index is 0.0220. The first-order valence-electron chi connectivity index (χ1n) is 8.16. The van der Waals surface area contributed by atoms with Crippen molar-refractivity contribution in [1.82, 2.24) is 10.6 Å². The van der Waals surface area contributed by atoms with Crippen molar-refractivity contribution >= 4 is 5.91 Å². The molecule has 0 aromatic heterocycles. The molecular formula is C19H22N2O3. The van der Waals surface area contributed by atoms with E-state index < -0.39 is 0 Å². The van der Waals surface area contributed by atoms with Crippen molar-refractivity contribution in [3.63, 3.8) is 0 Å². The number of para-hydroxylation sites is 1. The SMILES string of the molecule is O=C(NCc1ccc(COc2ccccc2)cc1)C1COCCN1. The number of hydrogen-bond donors (Lipinski definition) is 2. The van der Waals surface area contributed by atoms with Gasteiger partial charge in [-0.3, -0.25) is 4.79 Å². The lowest BCUT2D eigenvalue weighted by atomic mass is 10.1. The van der Waals surface area contributed by atoms with Gasteiger partial charge < -0.3 is 20.1 Å². The number of carbonyl (C=O) groups excluding carboxylic acids is 1. The topological polar surface area (TPSA) is 59.6 Å². The van der Waals surface area contributed by atoms with Crippen LogP contribution < -0.4 is 15.4 Å². The van der Waals surface area contributed by atoms with E-state index in [0.717, 1.165) is 16.9 Å². The summed E-state index contributed by atoms with van der Waals surface area (Å²) in [5.74, 6) is 0.835. The van der Waals surface area contributed by atoms with Crippen molar-refractivity contribution in [1.29, 1.82) is 0 Å². The Bertz CT molecular complexity index is 637. The minimum atomic E-state index is -0.253. The van der Waals surface area contributed by atoms with Crippen LogP contribution in [0, 0.1) is 0 Å². The largest absolute Gasteiger partial charge is 0.489 e. The maximum Gasteiger partial charge on any atom is 0.239 e. The Kier molecular flexibility index (Phi) is 5.82. The Labute approximate surface area is 142 Å². The number of hydrogen-bond acceptors (Lipinski definition) is 4. The lowest BCUT2D eigenvalue weighted by Crippen LogP contribution is -2.51. The molecule has 0 bridgehead atoms. The third-order valence-electron chi connectivity index (χ3n) is 3.88. The molecule has 24 heavy (non-hydrogen) atoms. The van der Waals surface area contributed by atoms with Gasteiger partial charge in [0, 0.05) is 13.1 Å². The lowest BCUT2D eigenvalue weighted by Gasteiger charge is -2.22. The molecule has 1 amide bonds. The number of amides is 1. The monoisotopic (exact) mass is 326 g/mol. The van der Waals surface area contributed by atoms with Gasteiger partial charge in [-0.1, -0.05) is 42.5 Å². The smallest absolute Gasteiger partial charge is 0.239 e. The summed E-state index contributed by atoms with van der Waals surface area (Å²) in [5.41, 5.74) is 2.15. The van der Waals surface area contributed by atoms with Gasteiger partial charge in [-0.2, -0.15) is 0 Å². The zero-order chi connectivity index (χ0) is 16.6. The molecule has 1 atom stereocenters. The molecule has 1 fully saturated rings. The fraction of sp³-hybridized carbons (Fsp3) is 0.316. The number of rotatable bonds is 6. The zero-order valence-corrected chi connectivity index (χ0v) is 13.5. The van der Waals surface area contributed by atoms with Crippen molar-refractivity contribution in [2.75, 3.05) is 19.8 Å². The molecule has 5 nitrogen and oxygen atoms in total. The van der Waals surface area contributed by atoms with Crippen LogP contribution in [0.4, 0.5) is 0 Å². The number of benzene rings is 2. The van der Waals surface area contributed by atoms with Crippen molar-refractivity contribution in [2.24, 2.45) is 0 Å². The van der Waals surface area contributed by atoms with E-state index in [-0.39, 0.29) is 11.9 Å². The molecular weight excluding hydrogens is 304 g/mol. The number of morpholine rings is 1. The average molecular weight is 326 g/mol. The molecule has 126 valence electrons. The second-order valence-electron chi connectivity index (χ2n) is 5.72. The maximum atomic E-state index is 12.0. The standard InChI is InChI=1S/C19H22N2O3/c22-19(18-14-23-11-10-20-18)21-12-15-6-8-16(9-7-15)13-24-17-4-2-1-3-5-17/h1-9,18,20H,10-14H2,(H,21,22). The molecule has 1 aliphatic rings. The van der Waals surface area contributed by atoms with Crippen LogP contribution in [0.3, 0.4) is 0 Å². The minimum Gasteiger partial charge on any atom is -0.489 e. The van der Waals surface area contributed by atoms with E-state index in [4.69, 9.17) is 9.47 Å². The van der Waals surface area contributed by atoms with E-state index in [1.54, 1.807) is 0 Å². The van der Waals surface area contributed by atoms with Gasteiger partial charge in [0.15, 0.2) is 0 Å². The van der Waals surface area contributed by atoms with Crippen molar-refractivity contribution < 1.29 is 14.3 Å². The van der Waals surface area contributed by atoms with Crippen LogP contribution in [0.1, 0.15) is 11.1 Å². The van der Waals surface area contributed by atoms with Gasteiger partial charge >= 0.3 is 0 Å². The Morgan fingerprint density at radius 3 is 2.58 bits per heavy atom. The van der Waals surface area contributed by atoms with Crippen LogP contribution in [0.2, 0.25) is 0 Å². The molecule has 2 N–H and O–H groups in total. The molecule has 3 rings (SSSR count). The zero-order valence-electron chi connectivity index (χ0n) is 13.5. The fourth-order valence-corrected chi connectivity index (χ4v) is 2.48. The van der Waals surface area contributed by atoms with Gasteiger partial charge in [-0.25, -0.2) is 0 Å². The highest BCUT2D eigenvalue weighted by atomic mass is 16.5. The highest BCUT2D eigenvalue weighted by Crippen LogP contribution is 2.12. The molecule has 1 unspecified atom stereocenters. The Morgan fingerprint density at radius 2 is 1.88 bits per heavy atom. The summed E-state index contributed by atoms with van der Waals surface area (Å²) in [6.07, 6.45) is 0. The number of carbonyl (C=O) groups is 1. The second-order valence-corrected chi connectivity index (χ2v) is 5.72. The first-order valence-corrected chi connectivity index (χ1v) is 8.16. The summed E-state index contributed by atoms with van der Waals surface area (Å²) in [6.45, 7) is 2.85. The van der Waals surface area contributed by atoms with Gasteiger partial charge in [-0.05, 0) is 23.3 Å². The summed E-state index contributed by atoms with van der Waals surface area (Å²) in [7, 11) is 0. The van der Waals surface area contributed by atoms with Gasteiger partial charge in [-0.15, -0.1) is 0 Å². The molecule has 2 aromatic rings. The summed E-state index contributed by atoms with van der Waals surface area (Å²) in [4.78, 5) is 12.0. The van der Waals surface area contributed by atoms with Gasteiger partial charge in [0.2, 0.25) is 5.91 Å². The van der Waals surface area contributed by atoms with E-state index in [9.17, 15) is 4.79 Å². The molecule has 1 saturated heterocycles. The molecule has 0 saturated carbocycles. The number of nitrogens with one attached hydrogen (secondary N) is 2. The Balaban J connectivity index is 1.45. The van der Waals surface area contributed by atoms with Crippen LogP contribution in [0.5, 0.6) is 5.75 Å². The van der Waals surface area contributed by atoms with E-state index in [1.165, 1.54) is 0 Å². The lowest BCUT2D eigenvalue weighted by molar-refractivity contribution is -0.126. The van der Waals surface area contributed by atoms with Crippen molar-refractivity contribution in [3.05, 3.63) is 65.7 Å². The van der Waals surface area contributed by atoms with E-state index in [1.807, 2.05) is 54.6 Å². The molecule has 5 heteroatoms. The van der Waals surface area contributed by atoms with Crippen molar-refractivity contribution in [3.8, 4) is 5.75 Å². The van der Waals surface area contributed by atoms with Crippen LogP contribution in [0.15, 0.2) is 54.6 Å². The first kappa shape index (κ1) is 16.5. The third kappa shape index (κ3) is 4.81. The molecule has 1 aliphatic heterocycles. The van der Waals surface area contributed by atoms with Gasteiger partial charge in [0.05, 0.1) is 13.2 Å². The highest BCUT2D eigenvalue weighted by Gasteiger charge is 2.20. The summed E-state index contributed by atoms with van der Waals surface area (Å²) < 4.78 is 11.0. The third-order valence-corrected chi connectivity index (χ3v) is 3.88. The summed E-state index contributed by atoms with van der Waals surface area (Å²) >= 11 is 0. The summed E-state index contributed by atoms with van der Waals surface area (Å²) in [5, 5.41) is 6.08. The second kappa shape index (κ2) is 8.47.